The maximum atomic E-state index is 14.1. The Balaban J connectivity index is 1.60. The van der Waals surface area contributed by atoms with Gasteiger partial charge in [0.25, 0.3) is 0 Å². The van der Waals surface area contributed by atoms with E-state index in [4.69, 9.17) is 4.74 Å². The van der Waals surface area contributed by atoms with E-state index in [1.165, 1.54) is 18.0 Å². The highest BCUT2D eigenvalue weighted by atomic mass is 19.1. The van der Waals surface area contributed by atoms with Crippen molar-refractivity contribution in [2.75, 3.05) is 43.1 Å². The van der Waals surface area contributed by atoms with Gasteiger partial charge in [0.2, 0.25) is 5.69 Å². The van der Waals surface area contributed by atoms with Gasteiger partial charge in [0.1, 0.15) is 17.3 Å². The summed E-state index contributed by atoms with van der Waals surface area (Å²) in [6.45, 7) is 2.08. The number of carbonyl (C=O) groups is 1. The Morgan fingerprint density at radius 2 is 1.59 bits per heavy atom. The molecule has 1 aromatic heterocycles. The molecule has 1 aliphatic rings. The number of ether oxygens (including phenoxy) is 1. The van der Waals surface area contributed by atoms with Crippen LogP contribution in [0.25, 0.3) is 5.69 Å². The molecule has 0 unspecified atom stereocenters. The molecule has 1 N–H and O–H groups in total. The highest BCUT2D eigenvalue weighted by molar-refractivity contribution is 5.91. The first-order chi connectivity index (χ1) is 14.1. The first-order valence-corrected chi connectivity index (χ1v) is 9.17. The number of piperazine rings is 1. The Labute approximate surface area is 166 Å². The molecule has 1 fully saturated rings. The maximum absolute atomic E-state index is 14.1. The van der Waals surface area contributed by atoms with E-state index < -0.39 is 5.97 Å². The second kappa shape index (κ2) is 7.78. The molecule has 9 heteroatoms. The number of carboxylic acids is 1. The van der Waals surface area contributed by atoms with Crippen molar-refractivity contribution in [3.63, 3.8) is 0 Å². The molecule has 4 rings (SSSR count). The molecule has 2 aromatic carbocycles. The van der Waals surface area contributed by atoms with Crippen molar-refractivity contribution in [1.29, 1.82) is 0 Å². The fraction of sp³-hybridized carbons (Fsp3) is 0.250. The van der Waals surface area contributed by atoms with Crippen molar-refractivity contribution in [2.45, 2.75) is 0 Å². The number of benzene rings is 2. The maximum Gasteiger partial charge on any atom is 0.360 e. The van der Waals surface area contributed by atoms with Gasteiger partial charge in [-0.15, -0.1) is 15.0 Å². The number of methoxy groups -OCH3 is 1. The summed E-state index contributed by atoms with van der Waals surface area (Å²) in [5, 5.41) is 18.2. The van der Waals surface area contributed by atoms with Gasteiger partial charge in [-0.1, -0.05) is 24.3 Å². The first-order valence-electron chi connectivity index (χ1n) is 9.17. The zero-order valence-electron chi connectivity index (χ0n) is 15.8. The van der Waals surface area contributed by atoms with E-state index in [9.17, 15) is 14.3 Å². The van der Waals surface area contributed by atoms with Gasteiger partial charge in [0.15, 0.2) is 5.82 Å². The van der Waals surface area contributed by atoms with E-state index in [0.29, 0.717) is 43.3 Å². The van der Waals surface area contributed by atoms with Crippen LogP contribution in [0, 0.1) is 5.82 Å². The second-order valence-corrected chi connectivity index (χ2v) is 6.56. The van der Waals surface area contributed by atoms with Crippen molar-refractivity contribution in [3.8, 4) is 11.4 Å². The largest absolute Gasteiger partial charge is 0.494 e. The molecule has 3 aromatic rings. The molecular formula is C20H20FN5O3. The van der Waals surface area contributed by atoms with Crippen LogP contribution in [0.2, 0.25) is 0 Å². The molecule has 2 heterocycles. The van der Waals surface area contributed by atoms with Crippen LogP contribution in [0.3, 0.4) is 0 Å². The Morgan fingerprint density at radius 3 is 2.24 bits per heavy atom. The third-order valence-electron chi connectivity index (χ3n) is 4.87. The normalized spacial score (nSPS) is 14.1. The van der Waals surface area contributed by atoms with Crippen LogP contribution < -0.4 is 14.5 Å². The lowest BCUT2D eigenvalue weighted by Crippen LogP contribution is -2.47. The number of rotatable bonds is 5. The minimum atomic E-state index is -1.15. The molecule has 0 spiro atoms. The molecule has 29 heavy (non-hydrogen) atoms. The summed E-state index contributed by atoms with van der Waals surface area (Å²) in [4.78, 5) is 16.8. The summed E-state index contributed by atoms with van der Waals surface area (Å²) >= 11 is 0. The van der Waals surface area contributed by atoms with Crippen LogP contribution in [0.4, 0.5) is 15.9 Å². The van der Waals surface area contributed by atoms with Crippen LogP contribution in [0.15, 0.2) is 48.5 Å². The average molecular weight is 397 g/mol. The Hall–Kier alpha value is -3.62. The third-order valence-corrected chi connectivity index (χ3v) is 4.87. The lowest BCUT2D eigenvalue weighted by Gasteiger charge is -2.36. The fourth-order valence-corrected chi connectivity index (χ4v) is 3.42. The average Bonchev–Trinajstić information content (AvgIpc) is 3.20. The number of anilines is 2. The van der Waals surface area contributed by atoms with Crippen molar-refractivity contribution in [1.82, 2.24) is 15.0 Å². The van der Waals surface area contributed by atoms with Gasteiger partial charge in [-0.05, 0) is 24.3 Å². The molecular weight excluding hydrogens is 377 g/mol. The summed E-state index contributed by atoms with van der Waals surface area (Å²) < 4.78 is 19.4. The van der Waals surface area contributed by atoms with Crippen molar-refractivity contribution >= 4 is 17.5 Å². The quantitative estimate of drug-likeness (QED) is 0.708. The molecule has 1 aliphatic heterocycles. The van der Waals surface area contributed by atoms with Crippen LogP contribution in [-0.4, -0.2) is 59.4 Å². The number of nitrogens with zero attached hydrogens (tertiary/aromatic N) is 5. The Bertz CT molecular complexity index is 1030. The minimum Gasteiger partial charge on any atom is -0.494 e. The summed E-state index contributed by atoms with van der Waals surface area (Å²) in [5.74, 6) is -0.598. The van der Waals surface area contributed by atoms with Gasteiger partial charge in [-0.25, -0.2) is 9.18 Å². The van der Waals surface area contributed by atoms with Crippen LogP contribution >= 0.6 is 0 Å². The van der Waals surface area contributed by atoms with E-state index in [1.807, 2.05) is 15.9 Å². The number of hydrogen-bond acceptors (Lipinski definition) is 6. The molecule has 1 saturated heterocycles. The van der Waals surface area contributed by atoms with Gasteiger partial charge >= 0.3 is 5.97 Å². The van der Waals surface area contributed by atoms with E-state index in [2.05, 4.69) is 10.2 Å². The topological polar surface area (TPSA) is 83.7 Å². The van der Waals surface area contributed by atoms with Crippen LogP contribution in [0.5, 0.6) is 5.75 Å². The Morgan fingerprint density at radius 1 is 0.966 bits per heavy atom. The zero-order valence-corrected chi connectivity index (χ0v) is 15.8. The first kappa shape index (κ1) is 18.7. The number of para-hydroxylation sites is 3. The van der Waals surface area contributed by atoms with Crippen molar-refractivity contribution < 1.29 is 19.0 Å². The molecule has 0 saturated carbocycles. The number of hydrogen-bond donors (Lipinski definition) is 1. The van der Waals surface area contributed by atoms with Gasteiger partial charge in [-0.2, -0.15) is 0 Å². The summed E-state index contributed by atoms with van der Waals surface area (Å²) in [6, 6.07) is 13.8. The van der Waals surface area contributed by atoms with Crippen LogP contribution in [-0.2, 0) is 0 Å². The van der Waals surface area contributed by atoms with Crippen molar-refractivity contribution in [3.05, 3.63) is 60.0 Å². The fourth-order valence-electron chi connectivity index (χ4n) is 3.42. The smallest absolute Gasteiger partial charge is 0.360 e. The Kier molecular flexibility index (Phi) is 5.03. The predicted molar refractivity (Wildman–Crippen MR) is 106 cm³/mol. The lowest BCUT2D eigenvalue weighted by atomic mass is 10.2. The van der Waals surface area contributed by atoms with E-state index in [0.717, 1.165) is 0 Å². The summed E-state index contributed by atoms with van der Waals surface area (Å²) in [5.41, 5.74) is 0.965. The van der Waals surface area contributed by atoms with Crippen molar-refractivity contribution in [2.24, 2.45) is 0 Å². The highest BCUT2D eigenvalue weighted by Gasteiger charge is 2.28. The zero-order chi connectivity index (χ0) is 20.4. The molecule has 0 bridgehead atoms. The molecule has 150 valence electrons. The molecule has 8 nitrogen and oxygen atoms in total. The molecule has 0 radical (unpaired) electrons. The van der Waals surface area contributed by atoms with Gasteiger partial charge in [0, 0.05) is 26.2 Å². The SMILES string of the molecule is COc1ccccc1-n1nc(C(=O)O)c(N2CCN(c3ccccc3F)CC2)n1. The molecule has 0 aliphatic carbocycles. The number of aromatic nitrogens is 3. The standard InChI is InChI=1S/C20H20FN5O3/c1-29-17-9-5-4-8-16(17)26-22-18(20(27)28)19(23-26)25-12-10-24(11-13-25)15-7-3-2-6-14(15)21/h2-9H,10-13H2,1H3,(H,27,28). The van der Waals surface area contributed by atoms with Gasteiger partial charge in [-0.3, -0.25) is 0 Å². The lowest BCUT2D eigenvalue weighted by molar-refractivity contribution is 0.0690. The third kappa shape index (κ3) is 3.58. The number of aromatic carboxylic acids is 1. The molecule has 0 atom stereocenters. The monoisotopic (exact) mass is 397 g/mol. The van der Waals surface area contributed by atoms with Gasteiger partial charge < -0.3 is 19.6 Å². The molecule has 0 amide bonds. The van der Waals surface area contributed by atoms with E-state index >= 15 is 0 Å². The highest BCUT2D eigenvalue weighted by Crippen LogP contribution is 2.26. The van der Waals surface area contributed by atoms with Gasteiger partial charge in [0.05, 0.1) is 12.8 Å². The van der Waals surface area contributed by atoms with E-state index in [-0.39, 0.29) is 17.3 Å². The van der Waals surface area contributed by atoms with Crippen LogP contribution in [0.1, 0.15) is 10.5 Å². The number of halogens is 1. The predicted octanol–water partition coefficient (Wildman–Crippen LogP) is 2.44. The second-order valence-electron chi connectivity index (χ2n) is 6.56. The summed E-state index contributed by atoms with van der Waals surface area (Å²) in [7, 11) is 1.53. The summed E-state index contributed by atoms with van der Waals surface area (Å²) in [6.07, 6.45) is 0. The minimum absolute atomic E-state index is 0.129. The van der Waals surface area contributed by atoms with E-state index in [1.54, 1.807) is 36.4 Å². The number of carboxylic acid groups (broad SMARTS) is 1.